The van der Waals surface area contributed by atoms with Crippen LogP contribution < -0.4 is 0 Å². The van der Waals surface area contributed by atoms with Crippen molar-refractivity contribution in [3.63, 3.8) is 0 Å². The van der Waals surface area contributed by atoms with Crippen LogP contribution in [-0.4, -0.2) is 63.6 Å². The van der Waals surface area contributed by atoms with E-state index < -0.39 is 45.8 Å². The van der Waals surface area contributed by atoms with Gasteiger partial charge in [-0.2, -0.15) is 8.42 Å². The molecule has 0 spiro atoms. The average molecular weight is 338 g/mol. The molecular formula is C13H22O8S. The van der Waals surface area contributed by atoms with E-state index >= 15 is 0 Å². The first-order valence-corrected chi connectivity index (χ1v) is 8.93. The lowest BCUT2D eigenvalue weighted by Gasteiger charge is -2.45. The topological polar surface area (TPSA) is 89.5 Å². The molecule has 128 valence electrons. The molecule has 22 heavy (non-hydrogen) atoms. The van der Waals surface area contributed by atoms with Crippen molar-refractivity contribution in [2.24, 2.45) is 0 Å². The summed E-state index contributed by atoms with van der Waals surface area (Å²) in [6.45, 7) is 7.04. The third kappa shape index (κ3) is 3.03. The monoisotopic (exact) mass is 338 g/mol. The third-order valence-corrected chi connectivity index (χ3v) is 4.39. The minimum atomic E-state index is -3.62. The summed E-state index contributed by atoms with van der Waals surface area (Å²) in [7, 11) is -3.62. The number of rotatable bonds is 3. The van der Waals surface area contributed by atoms with E-state index in [1.165, 1.54) is 0 Å². The summed E-state index contributed by atoms with van der Waals surface area (Å²) in [4.78, 5) is 0. The molecular weight excluding hydrogens is 316 g/mol. The molecule has 3 fully saturated rings. The van der Waals surface area contributed by atoms with Crippen LogP contribution in [0.1, 0.15) is 27.7 Å². The van der Waals surface area contributed by atoms with Gasteiger partial charge in [0.05, 0.1) is 12.9 Å². The van der Waals surface area contributed by atoms with Gasteiger partial charge in [-0.1, -0.05) is 0 Å². The quantitative estimate of drug-likeness (QED) is 0.682. The summed E-state index contributed by atoms with van der Waals surface area (Å²) >= 11 is 0. The molecule has 3 rings (SSSR count). The average Bonchev–Trinajstić information content (AvgIpc) is 2.76. The van der Waals surface area contributed by atoms with Crippen LogP contribution in [0.2, 0.25) is 0 Å². The highest BCUT2D eigenvalue weighted by atomic mass is 32.2. The van der Waals surface area contributed by atoms with Crippen LogP contribution in [0, 0.1) is 0 Å². The van der Waals surface area contributed by atoms with E-state index in [9.17, 15) is 8.42 Å². The first kappa shape index (κ1) is 16.6. The molecule has 0 aliphatic carbocycles. The van der Waals surface area contributed by atoms with E-state index in [4.69, 9.17) is 27.9 Å². The van der Waals surface area contributed by atoms with E-state index in [0.717, 1.165) is 6.26 Å². The second-order valence-corrected chi connectivity index (χ2v) is 8.49. The molecule has 0 aromatic rings. The Bertz CT molecular complexity index is 556. The van der Waals surface area contributed by atoms with Crippen LogP contribution in [0.15, 0.2) is 0 Å². The molecule has 0 unspecified atom stereocenters. The van der Waals surface area contributed by atoms with Crippen molar-refractivity contribution in [3.05, 3.63) is 0 Å². The van der Waals surface area contributed by atoms with Gasteiger partial charge in [0.2, 0.25) is 0 Å². The number of hydrogen-bond acceptors (Lipinski definition) is 8. The minimum absolute atomic E-state index is 0.125. The zero-order chi connectivity index (χ0) is 16.4. The maximum absolute atomic E-state index is 11.3. The number of hydrogen-bond donors (Lipinski definition) is 0. The van der Waals surface area contributed by atoms with Gasteiger partial charge in [-0.3, -0.25) is 4.18 Å². The van der Waals surface area contributed by atoms with Gasteiger partial charge < -0.3 is 23.7 Å². The minimum Gasteiger partial charge on any atom is -0.347 e. The lowest BCUT2D eigenvalue weighted by molar-refractivity contribution is -0.351. The van der Waals surface area contributed by atoms with Crippen molar-refractivity contribution in [2.75, 3.05) is 19.5 Å². The Morgan fingerprint density at radius 2 is 1.73 bits per heavy atom. The van der Waals surface area contributed by atoms with Crippen LogP contribution in [-0.2, 0) is 38.0 Å². The van der Waals surface area contributed by atoms with Crippen LogP contribution in [0.4, 0.5) is 0 Å². The predicted molar refractivity (Wildman–Crippen MR) is 73.3 cm³/mol. The van der Waals surface area contributed by atoms with Gasteiger partial charge >= 0.3 is 0 Å². The summed E-state index contributed by atoms with van der Waals surface area (Å²) < 4.78 is 56.6. The van der Waals surface area contributed by atoms with Crippen LogP contribution in [0.25, 0.3) is 0 Å². The first-order chi connectivity index (χ1) is 9.92. The van der Waals surface area contributed by atoms with Gasteiger partial charge in [-0.05, 0) is 27.7 Å². The van der Waals surface area contributed by atoms with Crippen molar-refractivity contribution in [3.8, 4) is 0 Å². The Kier molecular flexibility index (Phi) is 3.65. The van der Waals surface area contributed by atoms with Gasteiger partial charge in [-0.25, -0.2) is 0 Å². The SMILES string of the molecule is CC1(C)O[C@H]2O[C@]3(COS(C)(=O)=O)COC(C)(C)O[C@@H]3[C@H]2O1. The molecule has 8 nitrogen and oxygen atoms in total. The first-order valence-electron chi connectivity index (χ1n) is 7.11. The summed E-state index contributed by atoms with van der Waals surface area (Å²) in [6.07, 6.45) is -0.689. The van der Waals surface area contributed by atoms with E-state index in [1.54, 1.807) is 27.7 Å². The van der Waals surface area contributed by atoms with Crippen LogP contribution >= 0.6 is 0 Å². The molecule has 0 saturated carbocycles. The van der Waals surface area contributed by atoms with E-state index in [-0.39, 0.29) is 13.2 Å². The molecule has 4 atom stereocenters. The zero-order valence-electron chi connectivity index (χ0n) is 13.3. The molecule has 0 radical (unpaired) electrons. The normalized spacial score (nSPS) is 42.9. The Labute approximate surface area is 130 Å². The fourth-order valence-electron chi connectivity index (χ4n) is 2.94. The molecule has 9 heteroatoms. The van der Waals surface area contributed by atoms with Crippen LogP contribution in [0.3, 0.4) is 0 Å². The predicted octanol–water partition coefficient (Wildman–Crippen LogP) is 0.361. The molecule has 3 aliphatic rings. The number of fused-ring (bicyclic) bond motifs is 3. The molecule has 0 N–H and O–H groups in total. The smallest absolute Gasteiger partial charge is 0.264 e. The molecule has 3 aliphatic heterocycles. The second kappa shape index (κ2) is 4.85. The maximum Gasteiger partial charge on any atom is 0.264 e. The molecule has 0 amide bonds. The highest BCUT2D eigenvalue weighted by molar-refractivity contribution is 7.85. The van der Waals surface area contributed by atoms with Crippen molar-refractivity contribution in [2.45, 2.75) is 63.4 Å². The molecule has 0 aromatic carbocycles. The Balaban J connectivity index is 1.85. The highest BCUT2D eigenvalue weighted by Gasteiger charge is 2.66. The molecule has 3 heterocycles. The zero-order valence-corrected chi connectivity index (χ0v) is 14.1. The van der Waals surface area contributed by atoms with Crippen molar-refractivity contribution < 1.29 is 36.3 Å². The largest absolute Gasteiger partial charge is 0.347 e. The Morgan fingerprint density at radius 3 is 2.36 bits per heavy atom. The van der Waals surface area contributed by atoms with Gasteiger partial charge in [0.15, 0.2) is 17.9 Å². The second-order valence-electron chi connectivity index (χ2n) is 6.84. The van der Waals surface area contributed by atoms with Crippen molar-refractivity contribution in [1.29, 1.82) is 0 Å². The van der Waals surface area contributed by atoms with Gasteiger partial charge in [-0.15, -0.1) is 0 Å². The van der Waals surface area contributed by atoms with Crippen molar-refractivity contribution >= 4 is 10.1 Å². The Hall–Kier alpha value is -0.290. The fourth-order valence-corrected chi connectivity index (χ4v) is 3.36. The van der Waals surface area contributed by atoms with E-state index in [2.05, 4.69) is 0 Å². The summed E-state index contributed by atoms with van der Waals surface area (Å²) in [5.74, 6) is -1.61. The highest BCUT2D eigenvalue weighted by Crippen LogP contribution is 2.47. The van der Waals surface area contributed by atoms with Crippen molar-refractivity contribution in [1.82, 2.24) is 0 Å². The Morgan fingerprint density at radius 1 is 1.05 bits per heavy atom. The summed E-state index contributed by atoms with van der Waals surface area (Å²) in [6, 6.07) is 0. The summed E-state index contributed by atoms with van der Waals surface area (Å²) in [5, 5.41) is 0. The van der Waals surface area contributed by atoms with Gasteiger partial charge in [0, 0.05) is 0 Å². The lowest BCUT2D eigenvalue weighted by atomic mass is 9.95. The van der Waals surface area contributed by atoms with E-state index in [0.29, 0.717) is 0 Å². The number of ether oxygens (including phenoxy) is 5. The third-order valence-electron chi connectivity index (χ3n) is 3.85. The maximum atomic E-state index is 11.3. The standard InChI is InChI=1S/C13H22O8S/c1-11(2)16-6-13(7-17-22(5,14)15)9(19-11)8-10(21-13)20-12(3,4)18-8/h8-10H,6-7H2,1-5H3/t8-,9-,10+,13+/m1/s1. The van der Waals surface area contributed by atoms with Gasteiger partial charge in [0.1, 0.15) is 24.4 Å². The summed E-state index contributed by atoms with van der Waals surface area (Å²) in [5.41, 5.74) is -1.08. The fraction of sp³-hybridized carbons (Fsp3) is 1.00. The van der Waals surface area contributed by atoms with Crippen LogP contribution in [0.5, 0.6) is 0 Å². The molecule has 3 saturated heterocycles. The lowest BCUT2D eigenvalue weighted by Crippen LogP contribution is -2.61. The molecule has 0 bridgehead atoms. The van der Waals surface area contributed by atoms with Gasteiger partial charge in [0.25, 0.3) is 10.1 Å². The van der Waals surface area contributed by atoms with E-state index in [1.807, 2.05) is 0 Å². The molecule has 0 aromatic heterocycles.